The largest absolute Gasteiger partial charge is 0.280 e. The van der Waals surface area contributed by atoms with Gasteiger partial charge in [-0.05, 0) is 43.3 Å². The molecule has 1 aromatic carbocycles. The predicted molar refractivity (Wildman–Crippen MR) is 92.1 cm³/mol. The number of benzene rings is 1. The van der Waals surface area contributed by atoms with Crippen LogP contribution in [-0.2, 0) is 24.8 Å². The number of aryl methyl sites for hydroxylation is 1. The molecule has 1 aliphatic heterocycles. The minimum atomic E-state index is -3.84. The van der Waals surface area contributed by atoms with Crippen LogP contribution >= 0.6 is 0 Å². The monoisotopic (exact) mass is 381 g/mol. The molecule has 1 fully saturated rings. The Morgan fingerprint density at radius 1 is 1.16 bits per heavy atom. The summed E-state index contributed by atoms with van der Waals surface area (Å²) in [6, 6.07) is 8.22. The molecule has 1 aliphatic rings. The minimum absolute atomic E-state index is 0.0465. The third-order valence-corrected chi connectivity index (χ3v) is 6.70. The van der Waals surface area contributed by atoms with E-state index in [1.165, 1.54) is 36.5 Å². The van der Waals surface area contributed by atoms with Gasteiger partial charge in [0.25, 0.3) is 10.0 Å². The smallest absolute Gasteiger partial charge is 0.261 e. The number of aromatic nitrogens is 1. The van der Waals surface area contributed by atoms with Gasteiger partial charge in [-0.15, -0.1) is 0 Å². The fraction of sp³-hybridized carbons (Fsp3) is 0.200. The Morgan fingerprint density at radius 3 is 2.40 bits per heavy atom. The fourth-order valence-corrected chi connectivity index (χ4v) is 4.96. The zero-order valence-corrected chi connectivity index (χ0v) is 14.8. The van der Waals surface area contributed by atoms with Crippen molar-refractivity contribution < 1.29 is 21.6 Å². The molecule has 3 rings (SSSR count). The molecule has 0 spiro atoms. The lowest BCUT2D eigenvalue weighted by Gasteiger charge is -2.15. The number of anilines is 2. The molecule has 0 bridgehead atoms. The van der Waals surface area contributed by atoms with E-state index in [1.54, 1.807) is 13.0 Å². The Hall–Kier alpha value is -2.46. The van der Waals surface area contributed by atoms with Crippen LogP contribution in [0.15, 0.2) is 47.5 Å². The van der Waals surface area contributed by atoms with Crippen molar-refractivity contribution in [3.8, 4) is 0 Å². The van der Waals surface area contributed by atoms with Gasteiger partial charge in [0, 0.05) is 18.3 Å². The molecular weight excluding hydrogens is 366 g/mol. The van der Waals surface area contributed by atoms with Crippen LogP contribution in [0.25, 0.3) is 0 Å². The van der Waals surface area contributed by atoms with Crippen molar-refractivity contribution in [3.63, 3.8) is 0 Å². The number of nitrogens with one attached hydrogen (secondary N) is 1. The second kappa shape index (κ2) is 6.12. The minimum Gasteiger partial charge on any atom is -0.280 e. The quantitative estimate of drug-likeness (QED) is 0.853. The first kappa shape index (κ1) is 17.4. The molecule has 0 radical (unpaired) electrons. The highest BCUT2D eigenvalue weighted by molar-refractivity contribution is 7.94. The summed E-state index contributed by atoms with van der Waals surface area (Å²) in [6.07, 6.45) is 1.41. The van der Waals surface area contributed by atoms with Crippen LogP contribution in [0.3, 0.4) is 0 Å². The van der Waals surface area contributed by atoms with Crippen molar-refractivity contribution in [1.29, 1.82) is 0 Å². The molecule has 132 valence electrons. The van der Waals surface area contributed by atoms with E-state index in [0.717, 1.165) is 0 Å². The maximum Gasteiger partial charge on any atom is 0.261 e. The van der Waals surface area contributed by atoms with E-state index in [2.05, 4.69) is 9.71 Å². The Labute approximate surface area is 145 Å². The first-order valence-corrected chi connectivity index (χ1v) is 10.4. The van der Waals surface area contributed by atoms with Crippen molar-refractivity contribution in [3.05, 3.63) is 48.3 Å². The molecule has 1 N–H and O–H groups in total. The van der Waals surface area contributed by atoms with E-state index in [4.69, 9.17) is 0 Å². The van der Waals surface area contributed by atoms with Gasteiger partial charge in [-0.3, -0.25) is 14.5 Å². The molecule has 10 heteroatoms. The number of sulfonamides is 2. The molecule has 8 nitrogen and oxygen atoms in total. The molecule has 2 heterocycles. The molecule has 1 saturated heterocycles. The fourth-order valence-electron chi connectivity index (χ4n) is 2.45. The van der Waals surface area contributed by atoms with Gasteiger partial charge in [0.05, 0.1) is 22.0 Å². The first-order chi connectivity index (χ1) is 11.7. The van der Waals surface area contributed by atoms with Crippen LogP contribution in [0.4, 0.5) is 11.4 Å². The number of nitrogens with zero attached hydrogens (tertiary/aromatic N) is 2. The Morgan fingerprint density at radius 2 is 1.84 bits per heavy atom. The van der Waals surface area contributed by atoms with Crippen LogP contribution in [0.2, 0.25) is 0 Å². The molecule has 0 atom stereocenters. The Kier molecular flexibility index (Phi) is 4.25. The van der Waals surface area contributed by atoms with E-state index >= 15 is 0 Å². The third kappa shape index (κ3) is 3.49. The molecule has 0 saturated carbocycles. The zero-order chi connectivity index (χ0) is 18.2. The van der Waals surface area contributed by atoms with Gasteiger partial charge in [-0.2, -0.15) is 0 Å². The van der Waals surface area contributed by atoms with Crippen LogP contribution < -0.4 is 9.03 Å². The second-order valence-corrected chi connectivity index (χ2v) is 9.13. The van der Waals surface area contributed by atoms with E-state index in [-0.39, 0.29) is 22.8 Å². The number of pyridine rings is 1. The SMILES string of the molecule is Cc1cc(NS(=O)(=O)c2ccc(N3C(=O)CCS3(=O)=O)cc2)ccn1. The summed E-state index contributed by atoms with van der Waals surface area (Å²) >= 11 is 0. The zero-order valence-electron chi connectivity index (χ0n) is 13.2. The van der Waals surface area contributed by atoms with Gasteiger partial charge in [0.15, 0.2) is 0 Å². The van der Waals surface area contributed by atoms with Crippen LogP contribution in [-0.4, -0.2) is 33.5 Å². The molecule has 1 amide bonds. The van der Waals surface area contributed by atoms with Crippen molar-refractivity contribution in [1.82, 2.24) is 4.98 Å². The number of hydrogen-bond donors (Lipinski definition) is 1. The molecule has 0 aliphatic carbocycles. The Bertz CT molecular complexity index is 1030. The van der Waals surface area contributed by atoms with Crippen LogP contribution in [0.5, 0.6) is 0 Å². The van der Waals surface area contributed by atoms with E-state index in [9.17, 15) is 21.6 Å². The molecule has 0 unspecified atom stereocenters. The van der Waals surface area contributed by atoms with Gasteiger partial charge < -0.3 is 0 Å². The van der Waals surface area contributed by atoms with Gasteiger partial charge in [-0.25, -0.2) is 21.1 Å². The lowest BCUT2D eigenvalue weighted by Crippen LogP contribution is -2.29. The van der Waals surface area contributed by atoms with Crippen LogP contribution in [0, 0.1) is 6.92 Å². The van der Waals surface area contributed by atoms with E-state index < -0.39 is 26.0 Å². The summed E-state index contributed by atoms with van der Waals surface area (Å²) in [5, 5.41) is 0. The highest BCUT2D eigenvalue weighted by atomic mass is 32.2. The lowest BCUT2D eigenvalue weighted by molar-refractivity contribution is -0.116. The molecule has 1 aromatic heterocycles. The highest BCUT2D eigenvalue weighted by Gasteiger charge is 2.36. The average molecular weight is 381 g/mol. The number of carbonyl (C=O) groups excluding carboxylic acids is 1. The maximum absolute atomic E-state index is 12.4. The normalized spacial score (nSPS) is 16.8. The highest BCUT2D eigenvalue weighted by Crippen LogP contribution is 2.26. The first-order valence-electron chi connectivity index (χ1n) is 7.30. The van der Waals surface area contributed by atoms with Crippen molar-refractivity contribution >= 4 is 37.3 Å². The number of amides is 1. The van der Waals surface area contributed by atoms with Gasteiger partial charge in [0.2, 0.25) is 15.9 Å². The number of rotatable bonds is 4. The van der Waals surface area contributed by atoms with E-state index in [0.29, 0.717) is 15.7 Å². The number of hydrogen-bond acceptors (Lipinski definition) is 6. The third-order valence-electron chi connectivity index (χ3n) is 3.61. The summed E-state index contributed by atoms with van der Waals surface area (Å²) < 4.78 is 51.7. The average Bonchev–Trinajstić information content (AvgIpc) is 2.80. The maximum atomic E-state index is 12.4. The summed E-state index contributed by atoms with van der Waals surface area (Å²) in [6.45, 7) is 1.74. The molecule has 2 aromatic rings. The van der Waals surface area contributed by atoms with Gasteiger partial charge in [0.1, 0.15) is 0 Å². The number of carbonyl (C=O) groups is 1. The topological polar surface area (TPSA) is 114 Å². The van der Waals surface area contributed by atoms with Crippen molar-refractivity contribution in [2.75, 3.05) is 14.8 Å². The predicted octanol–water partition coefficient (Wildman–Crippen LogP) is 1.26. The second-order valence-electron chi connectivity index (χ2n) is 5.51. The standard InChI is InChI=1S/C15H15N3O5S2/c1-11-10-12(6-8-16-11)17-25(22,23)14-4-2-13(3-5-14)18-15(19)7-9-24(18,20)21/h2-6,8,10H,7,9H2,1H3,(H,16,17). The van der Waals surface area contributed by atoms with Gasteiger partial charge in [-0.1, -0.05) is 0 Å². The molecule has 25 heavy (non-hydrogen) atoms. The summed E-state index contributed by atoms with van der Waals surface area (Å²) in [5.74, 6) is -0.768. The summed E-state index contributed by atoms with van der Waals surface area (Å²) in [4.78, 5) is 15.7. The van der Waals surface area contributed by atoms with Crippen LogP contribution in [0.1, 0.15) is 12.1 Å². The van der Waals surface area contributed by atoms with E-state index in [1.807, 2.05) is 0 Å². The Balaban J connectivity index is 1.88. The van der Waals surface area contributed by atoms with Crippen molar-refractivity contribution in [2.24, 2.45) is 0 Å². The lowest BCUT2D eigenvalue weighted by atomic mass is 10.3. The summed E-state index contributed by atoms with van der Waals surface area (Å²) in [5.41, 5.74) is 1.16. The van der Waals surface area contributed by atoms with Crippen molar-refractivity contribution in [2.45, 2.75) is 18.2 Å². The molecular formula is C15H15N3O5S2. The van der Waals surface area contributed by atoms with Gasteiger partial charge >= 0.3 is 0 Å². The summed E-state index contributed by atoms with van der Waals surface area (Å²) in [7, 11) is -7.52.